The molecular weight excluding hydrogens is 378 g/mol. The van der Waals surface area contributed by atoms with Crippen LogP contribution in [0.4, 0.5) is 20.2 Å². The minimum Gasteiger partial charge on any atom is -0.245 e. The van der Waals surface area contributed by atoms with Gasteiger partial charge in [0, 0.05) is 22.3 Å². The van der Waals surface area contributed by atoms with Crippen molar-refractivity contribution in [3.05, 3.63) is 131 Å². The molecule has 144 valence electrons. The Morgan fingerprint density at radius 2 is 0.800 bits per heavy atom. The predicted octanol–water partition coefficient (Wildman–Crippen LogP) is 6.62. The molecule has 0 unspecified atom stereocenters. The molecule has 4 aromatic rings. The molecule has 0 amide bonds. The fourth-order valence-electron chi connectivity index (χ4n) is 3.57. The first-order valence-electron chi connectivity index (χ1n) is 9.57. The van der Waals surface area contributed by atoms with Crippen molar-refractivity contribution in [3.8, 4) is 0 Å². The molecule has 0 bridgehead atoms. The molecule has 4 aromatic carbocycles. The van der Waals surface area contributed by atoms with E-state index in [9.17, 15) is 8.78 Å². The molecule has 0 spiro atoms. The van der Waals surface area contributed by atoms with Crippen molar-refractivity contribution in [2.45, 2.75) is 0 Å². The van der Waals surface area contributed by atoms with E-state index in [1.54, 1.807) is 24.3 Å². The number of hydrogen-bond donors (Lipinski definition) is 0. The first-order chi connectivity index (χ1) is 14.7. The highest BCUT2D eigenvalue weighted by Crippen LogP contribution is 2.34. The minimum absolute atomic E-state index is 0.299. The summed E-state index contributed by atoms with van der Waals surface area (Å²) >= 11 is 0. The Morgan fingerprint density at radius 1 is 0.433 bits per heavy atom. The van der Waals surface area contributed by atoms with E-state index >= 15 is 0 Å². The van der Waals surface area contributed by atoms with Crippen LogP contribution in [0.1, 0.15) is 22.3 Å². The molecule has 1 heterocycles. The Kier molecular flexibility index (Phi) is 4.52. The van der Waals surface area contributed by atoms with Crippen molar-refractivity contribution in [2.24, 2.45) is 9.98 Å². The fraction of sp³-hybridized carbons (Fsp3) is 0. The van der Waals surface area contributed by atoms with Gasteiger partial charge >= 0.3 is 0 Å². The van der Waals surface area contributed by atoms with Gasteiger partial charge in [-0.25, -0.2) is 18.8 Å². The number of fused-ring (bicyclic) bond motifs is 2. The first-order valence-corrected chi connectivity index (χ1v) is 9.57. The van der Waals surface area contributed by atoms with Crippen LogP contribution in [-0.4, -0.2) is 11.4 Å². The van der Waals surface area contributed by atoms with Gasteiger partial charge in [-0.05, 0) is 60.7 Å². The molecule has 0 atom stereocenters. The average molecular weight is 394 g/mol. The van der Waals surface area contributed by atoms with Gasteiger partial charge in [-0.3, -0.25) is 0 Å². The maximum atomic E-state index is 13.6. The second-order valence-corrected chi connectivity index (χ2v) is 6.97. The molecule has 0 radical (unpaired) electrons. The molecule has 4 heteroatoms. The smallest absolute Gasteiger partial charge is 0.123 e. The number of aliphatic imine (C=N–C) groups is 2. The van der Waals surface area contributed by atoms with E-state index in [1.807, 2.05) is 48.5 Å². The Hall–Kier alpha value is -3.92. The predicted molar refractivity (Wildman–Crippen MR) is 116 cm³/mol. The van der Waals surface area contributed by atoms with E-state index in [1.165, 1.54) is 24.3 Å². The van der Waals surface area contributed by atoms with Gasteiger partial charge < -0.3 is 0 Å². The lowest BCUT2D eigenvalue weighted by Crippen LogP contribution is -2.14. The molecule has 2 nitrogen and oxygen atoms in total. The lowest BCUT2D eigenvalue weighted by atomic mass is 9.91. The van der Waals surface area contributed by atoms with Crippen LogP contribution in [0.3, 0.4) is 0 Å². The SMILES string of the molecule is Fc1ccc(/C2=N/c3ccccc3/N=C(/c3ccc(F)cc3)c3ccccc32)cc1. The van der Waals surface area contributed by atoms with Gasteiger partial charge in [0.15, 0.2) is 0 Å². The molecule has 0 aromatic heterocycles. The van der Waals surface area contributed by atoms with E-state index in [0.717, 1.165) is 33.7 Å². The summed E-state index contributed by atoms with van der Waals surface area (Å²) in [5, 5.41) is 0. The summed E-state index contributed by atoms with van der Waals surface area (Å²) in [6, 6.07) is 28.1. The van der Waals surface area contributed by atoms with Crippen molar-refractivity contribution >= 4 is 22.8 Å². The van der Waals surface area contributed by atoms with Crippen LogP contribution in [0.5, 0.6) is 0 Å². The van der Waals surface area contributed by atoms with Crippen LogP contribution in [0.15, 0.2) is 107 Å². The number of halogens is 2. The van der Waals surface area contributed by atoms with Gasteiger partial charge in [0.2, 0.25) is 0 Å². The lowest BCUT2D eigenvalue weighted by Gasteiger charge is -2.18. The molecule has 0 saturated carbocycles. The molecule has 0 fully saturated rings. The normalized spacial score (nSPS) is 16.2. The second-order valence-electron chi connectivity index (χ2n) is 6.97. The van der Waals surface area contributed by atoms with Gasteiger partial charge in [-0.1, -0.05) is 36.4 Å². The minimum atomic E-state index is -0.299. The van der Waals surface area contributed by atoms with Crippen LogP contribution in [-0.2, 0) is 0 Å². The summed E-state index contributed by atoms with van der Waals surface area (Å²) in [6.45, 7) is 0. The summed E-state index contributed by atoms with van der Waals surface area (Å²) in [7, 11) is 0. The first kappa shape index (κ1) is 18.1. The Labute approximate surface area is 172 Å². The van der Waals surface area contributed by atoms with E-state index in [2.05, 4.69) is 0 Å². The molecule has 0 saturated heterocycles. The van der Waals surface area contributed by atoms with E-state index in [4.69, 9.17) is 9.98 Å². The number of benzene rings is 4. The molecule has 1 aliphatic rings. The van der Waals surface area contributed by atoms with Crippen LogP contribution in [0, 0.1) is 11.6 Å². The second kappa shape index (κ2) is 7.48. The Bertz CT molecular complexity index is 1190. The fourth-order valence-corrected chi connectivity index (χ4v) is 3.57. The maximum Gasteiger partial charge on any atom is 0.123 e. The third-order valence-electron chi connectivity index (χ3n) is 5.02. The molecular formula is C26H16F2N2. The molecule has 1 aliphatic heterocycles. The highest BCUT2D eigenvalue weighted by molar-refractivity contribution is 6.25. The zero-order chi connectivity index (χ0) is 20.5. The van der Waals surface area contributed by atoms with Gasteiger partial charge in [0.1, 0.15) is 11.6 Å². The molecule has 0 N–H and O–H groups in total. The van der Waals surface area contributed by atoms with Crippen molar-refractivity contribution in [1.29, 1.82) is 0 Å². The number of rotatable bonds is 2. The van der Waals surface area contributed by atoms with E-state index in [0.29, 0.717) is 11.4 Å². The number of para-hydroxylation sites is 2. The van der Waals surface area contributed by atoms with Crippen LogP contribution >= 0.6 is 0 Å². The van der Waals surface area contributed by atoms with Crippen molar-refractivity contribution in [3.63, 3.8) is 0 Å². The topological polar surface area (TPSA) is 24.7 Å². The Balaban J connectivity index is 1.82. The van der Waals surface area contributed by atoms with Gasteiger partial charge in [0.05, 0.1) is 22.8 Å². The molecule has 5 rings (SSSR count). The molecule has 0 aliphatic carbocycles. The van der Waals surface area contributed by atoms with Gasteiger partial charge in [0.25, 0.3) is 0 Å². The Morgan fingerprint density at radius 3 is 1.20 bits per heavy atom. The maximum absolute atomic E-state index is 13.6. The van der Waals surface area contributed by atoms with Crippen LogP contribution in [0.2, 0.25) is 0 Å². The number of nitrogens with zero attached hydrogens (tertiary/aromatic N) is 2. The van der Waals surface area contributed by atoms with Crippen LogP contribution in [0.25, 0.3) is 0 Å². The highest BCUT2D eigenvalue weighted by Gasteiger charge is 2.20. The summed E-state index contributed by atoms with van der Waals surface area (Å²) in [5.74, 6) is -0.597. The van der Waals surface area contributed by atoms with Crippen LogP contribution < -0.4 is 0 Å². The van der Waals surface area contributed by atoms with Gasteiger partial charge in [-0.15, -0.1) is 0 Å². The summed E-state index contributed by atoms with van der Waals surface area (Å²) in [5.41, 5.74) is 6.25. The van der Waals surface area contributed by atoms with Crippen molar-refractivity contribution in [2.75, 3.05) is 0 Å². The van der Waals surface area contributed by atoms with Crippen molar-refractivity contribution < 1.29 is 8.78 Å². The third kappa shape index (κ3) is 3.33. The van der Waals surface area contributed by atoms with E-state index < -0.39 is 0 Å². The summed E-state index contributed by atoms with van der Waals surface area (Å²) < 4.78 is 27.1. The van der Waals surface area contributed by atoms with Crippen molar-refractivity contribution in [1.82, 2.24) is 0 Å². The standard InChI is InChI=1S/C26H16F2N2/c27-19-13-9-17(10-14-19)25-21-5-1-2-6-22(21)26(18-11-15-20(28)16-12-18)30-24-8-4-3-7-23(24)29-25/h1-16H/b25-21?,26-22?,29-23?,29-25-,30-24?,30-26-. The highest BCUT2D eigenvalue weighted by atomic mass is 19.1. The lowest BCUT2D eigenvalue weighted by molar-refractivity contribution is 0.627. The monoisotopic (exact) mass is 394 g/mol. The third-order valence-corrected chi connectivity index (χ3v) is 5.02. The quantitative estimate of drug-likeness (QED) is 0.322. The van der Waals surface area contributed by atoms with Gasteiger partial charge in [-0.2, -0.15) is 0 Å². The summed E-state index contributed by atoms with van der Waals surface area (Å²) in [6.07, 6.45) is 0. The summed E-state index contributed by atoms with van der Waals surface area (Å²) in [4.78, 5) is 9.82. The largest absolute Gasteiger partial charge is 0.245 e. The average Bonchev–Trinajstić information content (AvgIpc) is 2.77. The molecule has 30 heavy (non-hydrogen) atoms. The zero-order valence-electron chi connectivity index (χ0n) is 15.9. The zero-order valence-corrected chi connectivity index (χ0v) is 15.9. The van der Waals surface area contributed by atoms with E-state index in [-0.39, 0.29) is 11.6 Å². The number of hydrogen-bond acceptors (Lipinski definition) is 2.